The molecule has 6 nitrogen and oxygen atoms in total. The van der Waals surface area contributed by atoms with Gasteiger partial charge in [-0.05, 0) is 35.5 Å². The van der Waals surface area contributed by atoms with Crippen molar-refractivity contribution in [3.8, 4) is 11.4 Å². The highest BCUT2D eigenvalue weighted by molar-refractivity contribution is 5.67. The fourth-order valence-electron chi connectivity index (χ4n) is 1.91. The van der Waals surface area contributed by atoms with Crippen LogP contribution in [0.1, 0.15) is 19.4 Å². The third-order valence-electron chi connectivity index (χ3n) is 2.67. The molecule has 2 rings (SSSR count). The maximum absolute atomic E-state index is 12.4. The molecule has 0 radical (unpaired) electrons. The molecular formula is C11H13F3N6. The van der Waals surface area contributed by atoms with Crippen LogP contribution in [0.3, 0.4) is 0 Å². The average Bonchev–Trinajstić information content (AvgIpc) is 2.73. The Bertz CT molecular complexity index is 586. The van der Waals surface area contributed by atoms with E-state index in [4.69, 9.17) is 11.5 Å². The Labute approximate surface area is 112 Å². The van der Waals surface area contributed by atoms with E-state index in [1.807, 2.05) is 0 Å². The standard InChI is InChI=1S/C11H13F3N6/c1-6(5-11(12,13)14)20-10(17-18-19-20)7-2-8(15)4-9(16)3-7/h2-4,6H,5,15-16H2,1H3. The molecule has 0 aliphatic carbocycles. The van der Waals surface area contributed by atoms with Crippen LogP contribution in [0.15, 0.2) is 18.2 Å². The molecule has 1 unspecified atom stereocenters. The fraction of sp³-hybridized carbons (Fsp3) is 0.364. The first kappa shape index (κ1) is 14.1. The third kappa shape index (κ3) is 3.16. The second kappa shape index (κ2) is 4.99. The van der Waals surface area contributed by atoms with Crippen molar-refractivity contribution >= 4 is 11.4 Å². The summed E-state index contributed by atoms with van der Waals surface area (Å²) in [5.41, 5.74) is 12.6. The zero-order chi connectivity index (χ0) is 14.9. The number of halogens is 3. The second-order valence-electron chi connectivity index (χ2n) is 4.50. The van der Waals surface area contributed by atoms with Crippen LogP contribution in [-0.4, -0.2) is 26.4 Å². The first-order valence-electron chi connectivity index (χ1n) is 5.77. The number of tetrazole rings is 1. The maximum Gasteiger partial charge on any atom is 0.391 e. The van der Waals surface area contributed by atoms with Gasteiger partial charge in [-0.2, -0.15) is 13.2 Å². The van der Waals surface area contributed by atoms with Crippen LogP contribution >= 0.6 is 0 Å². The molecule has 0 spiro atoms. The number of anilines is 2. The van der Waals surface area contributed by atoms with E-state index in [0.717, 1.165) is 4.68 Å². The number of rotatable bonds is 3. The highest BCUT2D eigenvalue weighted by atomic mass is 19.4. The van der Waals surface area contributed by atoms with Gasteiger partial charge in [0.2, 0.25) is 0 Å². The number of nitrogens with two attached hydrogens (primary N) is 2. The molecule has 0 aliphatic heterocycles. The fourth-order valence-corrected chi connectivity index (χ4v) is 1.91. The van der Waals surface area contributed by atoms with Gasteiger partial charge in [0.25, 0.3) is 0 Å². The Morgan fingerprint density at radius 1 is 1.20 bits per heavy atom. The molecule has 0 bridgehead atoms. The van der Waals surface area contributed by atoms with Gasteiger partial charge in [0, 0.05) is 16.9 Å². The van der Waals surface area contributed by atoms with E-state index < -0.39 is 18.6 Å². The van der Waals surface area contributed by atoms with Gasteiger partial charge >= 0.3 is 6.18 Å². The molecular weight excluding hydrogens is 273 g/mol. The van der Waals surface area contributed by atoms with Crippen LogP contribution in [0, 0.1) is 0 Å². The second-order valence-corrected chi connectivity index (χ2v) is 4.50. The minimum atomic E-state index is -4.29. The summed E-state index contributed by atoms with van der Waals surface area (Å²) in [6, 6.07) is 3.72. The molecule has 0 aliphatic rings. The summed E-state index contributed by atoms with van der Waals surface area (Å²) in [7, 11) is 0. The first-order valence-corrected chi connectivity index (χ1v) is 5.77. The monoisotopic (exact) mass is 286 g/mol. The summed E-state index contributed by atoms with van der Waals surface area (Å²) >= 11 is 0. The smallest absolute Gasteiger partial charge is 0.391 e. The highest BCUT2D eigenvalue weighted by Gasteiger charge is 2.32. The van der Waals surface area contributed by atoms with E-state index in [-0.39, 0.29) is 5.82 Å². The summed E-state index contributed by atoms with van der Waals surface area (Å²) in [6.07, 6.45) is -5.32. The van der Waals surface area contributed by atoms with Crippen molar-refractivity contribution in [3.05, 3.63) is 18.2 Å². The molecule has 0 fully saturated rings. The lowest BCUT2D eigenvalue weighted by molar-refractivity contribution is -0.142. The first-order chi connectivity index (χ1) is 9.26. The molecule has 0 saturated heterocycles. The minimum Gasteiger partial charge on any atom is -0.399 e. The van der Waals surface area contributed by atoms with Gasteiger partial charge in [0.05, 0.1) is 12.5 Å². The third-order valence-corrected chi connectivity index (χ3v) is 2.67. The van der Waals surface area contributed by atoms with Crippen LogP contribution in [0.4, 0.5) is 24.5 Å². The van der Waals surface area contributed by atoms with E-state index in [0.29, 0.717) is 16.9 Å². The van der Waals surface area contributed by atoms with Crippen LogP contribution in [0.2, 0.25) is 0 Å². The predicted molar refractivity (Wildman–Crippen MR) is 67.5 cm³/mol. The predicted octanol–water partition coefficient (Wildman–Crippen LogP) is 2.02. The van der Waals surface area contributed by atoms with Gasteiger partial charge in [-0.15, -0.1) is 5.10 Å². The Balaban J connectivity index is 2.37. The molecule has 0 amide bonds. The van der Waals surface area contributed by atoms with Gasteiger partial charge in [0.1, 0.15) is 0 Å². The molecule has 108 valence electrons. The SMILES string of the molecule is CC(CC(F)(F)F)n1nnnc1-c1cc(N)cc(N)c1. The van der Waals surface area contributed by atoms with Crippen molar-refractivity contribution in [1.29, 1.82) is 0 Å². The minimum absolute atomic E-state index is 0.195. The van der Waals surface area contributed by atoms with E-state index in [1.165, 1.54) is 13.0 Å². The normalized spacial score (nSPS) is 13.4. The summed E-state index contributed by atoms with van der Waals surface area (Å²) in [6.45, 7) is 1.39. The summed E-state index contributed by atoms with van der Waals surface area (Å²) in [5.74, 6) is 0.195. The Morgan fingerprint density at radius 2 is 1.80 bits per heavy atom. The van der Waals surface area contributed by atoms with Gasteiger partial charge in [0.15, 0.2) is 5.82 Å². The largest absolute Gasteiger partial charge is 0.399 e. The number of hydrogen-bond donors (Lipinski definition) is 2. The van der Waals surface area contributed by atoms with Crippen LogP contribution < -0.4 is 11.5 Å². The van der Waals surface area contributed by atoms with Crippen LogP contribution in [0.25, 0.3) is 11.4 Å². The molecule has 9 heteroatoms. The van der Waals surface area contributed by atoms with Crippen molar-refractivity contribution in [2.24, 2.45) is 0 Å². The van der Waals surface area contributed by atoms with Crippen molar-refractivity contribution in [2.45, 2.75) is 25.6 Å². The summed E-state index contributed by atoms with van der Waals surface area (Å²) in [4.78, 5) is 0. The molecule has 1 atom stereocenters. The number of alkyl halides is 3. The lowest BCUT2D eigenvalue weighted by atomic mass is 10.1. The maximum atomic E-state index is 12.4. The van der Waals surface area contributed by atoms with Gasteiger partial charge in [-0.3, -0.25) is 0 Å². The zero-order valence-electron chi connectivity index (χ0n) is 10.6. The molecule has 4 N–H and O–H groups in total. The van der Waals surface area contributed by atoms with Crippen molar-refractivity contribution in [2.75, 3.05) is 11.5 Å². The molecule has 1 aromatic carbocycles. The van der Waals surface area contributed by atoms with Gasteiger partial charge in [-0.1, -0.05) is 0 Å². The molecule has 2 aromatic rings. The van der Waals surface area contributed by atoms with E-state index in [2.05, 4.69) is 15.5 Å². The van der Waals surface area contributed by atoms with E-state index in [9.17, 15) is 13.2 Å². The quantitative estimate of drug-likeness (QED) is 0.841. The lowest BCUT2D eigenvalue weighted by Gasteiger charge is -2.15. The number of aromatic nitrogens is 4. The van der Waals surface area contributed by atoms with Gasteiger partial charge in [-0.25, -0.2) is 4.68 Å². The average molecular weight is 286 g/mol. The van der Waals surface area contributed by atoms with E-state index in [1.54, 1.807) is 12.1 Å². The lowest BCUT2D eigenvalue weighted by Crippen LogP contribution is -2.18. The number of nitrogen functional groups attached to an aromatic ring is 2. The molecule has 0 saturated carbocycles. The Kier molecular flexibility index (Phi) is 3.51. The zero-order valence-corrected chi connectivity index (χ0v) is 10.6. The highest BCUT2D eigenvalue weighted by Crippen LogP contribution is 2.30. The number of hydrogen-bond acceptors (Lipinski definition) is 5. The Hall–Kier alpha value is -2.32. The number of nitrogens with zero attached hydrogens (tertiary/aromatic N) is 4. The van der Waals surface area contributed by atoms with Crippen molar-refractivity contribution in [1.82, 2.24) is 20.2 Å². The molecule has 1 heterocycles. The summed E-state index contributed by atoms with van der Waals surface area (Å²) in [5, 5.41) is 10.8. The van der Waals surface area contributed by atoms with Crippen molar-refractivity contribution in [3.63, 3.8) is 0 Å². The summed E-state index contributed by atoms with van der Waals surface area (Å²) < 4.78 is 38.4. The van der Waals surface area contributed by atoms with E-state index >= 15 is 0 Å². The molecule has 1 aromatic heterocycles. The molecule has 20 heavy (non-hydrogen) atoms. The Morgan fingerprint density at radius 3 is 2.35 bits per heavy atom. The van der Waals surface area contributed by atoms with Crippen LogP contribution in [0.5, 0.6) is 0 Å². The number of benzene rings is 1. The van der Waals surface area contributed by atoms with Crippen molar-refractivity contribution < 1.29 is 13.2 Å². The van der Waals surface area contributed by atoms with Gasteiger partial charge < -0.3 is 11.5 Å². The van der Waals surface area contributed by atoms with Crippen LogP contribution in [-0.2, 0) is 0 Å². The topological polar surface area (TPSA) is 95.6 Å².